The van der Waals surface area contributed by atoms with Crippen molar-refractivity contribution in [2.24, 2.45) is 0 Å². The van der Waals surface area contributed by atoms with Gasteiger partial charge in [0.1, 0.15) is 30.0 Å². The first-order valence-corrected chi connectivity index (χ1v) is 5.79. The molecule has 0 bridgehead atoms. The molecule has 90 valence electrons. The van der Waals surface area contributed by atoms with Gasteiger partial charge in [-0.25, -0.2) is 0 Å². The second-order valence-corrected chi connectivity index (χ2v) is 4.25. The minimum atomic E-state index is -0.844. The van der Waals surface area contributed by atoms with E-state index in [1.54, 1.807) is 30.3 Å². The molecule has 0 aliphatic carbocycles. The van der Waals surface area contributed by atoms with Crippen LogP contribution in [-0.4, -0.2) is 16.8 Å². The number of ether oxygens (including phenoxy) is 1. The highest BCUT2D eigenvalue weighted by Crippen LogP contribution is 2.22. The molecule has 0 radical (unpaired) electrons. The fraction of sp³-hybridized carbons (Fsp3) is 0.167. The van der Waals surface area contributed by atoms with E-state index in [4.69, 9.17) is 9.15 Å². The van der Waals surface area contributed by atoms with Gasteiger partial charge in [-0.2, -0.15) is 0 Å². The normalized spacial score (nSPS) is 12.4. The minimum absolute atomic E-state index is 0.0589. The molecular weight excluding hydrogens is 288 g/mol. The van der Waals surface area contributed by atoms with Gasteiger partial charge < -0.3 is 19.4 Å². The van der Waals surface area contributed by atoms with Crippen LogP contribution in [0.1, 0.15) is 11.9 Å². The van der Waals surface area contributed by atoms with Crippen LogP contribution in [0.5, 0.6) is 11.5 Å². The van der Waals surface area contributed by atoms with Gasteiger partial charge in [0, 0.05) is 6.07 Å². The van der Waals surface area contributed by atoms with Crippen LogP contribution in [0.2, 0.25) is 0 Å². The van der Waals surface area contributed by atoms with Gasteiger partial charge in [0.25, 0.3) is 0 Å². The number of aromatic hydroxyl groups is 1. The summed E-state index contributed by atoms with van der Waals surface area (Å²) in [4.78, 5) is 0. The van der Waals surface area contributed by atoms with Gasteiger partial charge in [-0.1, -0.05) is 6.07 Å². The largest absolute Gasteiger partial charge is 0.508 e. The highest BCUT2D eigenvalue weighted by atomic mass is 79.9. The summed E-state index contributed by atoms with van der Waals surface area (Å²) >= 11 is 3.15. The summed E-state index contributed by atoms with van der Waals surface area (Å²) in [5, 5.41) is 19.0. The number of hydrogen-bond donors (Lipinski definition) is 2. The Morgan fingerprint density at radius 2 is 2.12 bits per heavy atom. The Hall–Kier alpha value is -1.46. The Morgan fingerprint density at radius 1 is 1.29 bits per heavy atom. The van der Waals surface area contributed by atoms with Crippen LogP contribution < -0.4 is 4.74 Å². The quantitative estimate of drug-likeness (QED) is 0.911. The van der Waals surface area contributed by atoms with Crippen LogP contribution in [-0.2, 0) is 0 Å². The van der Waals surface area contributed by atoms with Crippen molar-refractivity contribution >= 4 is 15.9 Å². The van der Waals surface area contributed by atoms with Gasteiger partial charge >= 0.3 is 0 Å². The molecule has 0 spiro atoms. The van der Waals surface area contributed by atoms with Crippen molar-refractivity contribution in [3.05, 3.63) is 46.8 Å². The van der Waals surface area contributed by atoms with E-state index in [9.17, 15) is 10.2 Å². The zero-order chi connectivity index (χ0) is 12.3. The van der Waals surface area contributed by atoms with Crippen molar-refractivity contribution < 1.29 is 19.4 Å². The number of hydrogen-bond acceptors (Lipinski definition) is 4. The lowest BCUT2D eigenvalue weighted by Crippen LogP contribution is -2.08. The first kappa shape index (κ1) is 12.0. The van der Waals surface area contributed by atoms with E-state index in [0.717, 1.165) is 0 Å². The van der Waals surface area contributed by atoms with Crippen molar-refractivity contribution in [1.82, 2.24) is 0 Å². The van der Waals surface area contributed by atoms with Gasteiger partial charge in [-0.05, 0) is 40.2 Å². The molecular formula is C12H11BrO4. The summed E-state index contributed by atoms with van der Waals surface area (Å²) in [6.07, 6.45) is -0.844. The molecule has 1 aromatic heterocycles. The summed E-state index contributed by atoms with van der Waals surface area (Å²) in [6, 6.07) is 9.76. The zero-order valence-electron chi connectivity index (χ0n) is 8.84. The van der Waals surface area contributed by atoms with E-state index in [2.05, 4.69) is 15.9 Å². The van der Waals surface area contributed by atoms with Gasteiger partial charge in [0.15, 0.2) is 4.67 Å². The predicted octanol–water partition coefficient (Wildman–Crippen LogP) is 2.86. The Balaban J connectivity index is 1.94. The second kappa shape index (κ2) is 5.25. The number of aliphatic hydroxyl groups is 1. The number of aliphatic hydroxyl groups excluding tert-OH is 1. The molecule has 2 N–H and O–H groups in total. The SMILES string of the molecule is Oc1cccc(OCC(O)c2ccc(Br)o2)c1. The highest BCUT2D eigenvalue weighted by molar-refractivity contribution is 9.10. The number of phenolic OH excluding ortho intramolecular Hbond substituents is 1. The number of furan rings is 1. The number of halogens is 1. The molecule has 1 aromatic carbocycles. The van der Waals surface area contributed by atoms with Crippen molar-refractivity contribution in [2.45, 2.75) is 6.10 Å². The lowest BCUT2D eigenvalue weighted by Gasteiger charge is -2.10. The average Bonchev–Trinajstić information content (AvgIpc) is 2.73. The molecule has 5 heteroatoms. The fourth-order valence-corrected chi connectivity index (χ4v) is 1.66. The van der Waals surface area contributed by atoms with E-state index in [-0.39, 0.29) is 12.4 Å². The van der Waals surface area contributed by atoms with Crippen LogP contribution >= 0.6 is 15.9 Å². The first-order valence-electron chi connectivity index (χ1n) is 5.00. The van der Waals surface area contributed by atoms with Crippen molar-refractivity contribution in [1.29, 1.82) is 0 Å². The molecule has 4 nitrogen and oxygen atoms in total. The van der Waals surface area contributed by atoms with Crippen LogP contribution in [0.4, 0.5) is 0 Å². The molecule has 17 heavy (non-hydrogen) atoms. The molecule has 0 aliphatic rings. The molecule has 1 unspecified atom stereocenters. The first-order chi connectivity index (χ1) is 8.15. The molecule has 1 atom stereocenters. The third kappa shape index (κ3) is 3.25. The summed E-state index contributed by atoms with van der Waals surface area (Å²) < 4.78 is 11.1. The summed E-state index contributed by atoms with van der Waals surface area (Å²) in [5.74, 6) is 1.05. The van der Waals surface area contributed by atoms with Gasteiger partial charge in [0.2, 0.25) is 0 Å². The fourth-order valence-electron chi connectivity index (χ4n) is 1.34. The van der Waals surface area contributed by atoms with Crippen molar-refractivity contribution in [3.8, 4) is 11.5 Å². The molecule has 0 fully saturated rings. The van der Waals surface area contributed by atoms with Gasteiger partial charge in [-0.3, -0.25) is 0 Å². The molecule has 0 saturated carbocycles. The van der Waals surface area contributed by atoms with Gasteiger partial charge in [-0.15, -0.1) is 0 Å². The van der Waals surface area contributed by atoms with E-state index < -0.39 is 6.10 Å². The Morgan fingerprint density at radius 3 is 2.76 bits per heavy atom. The van der Waals surface area contributed by atoms with Crippen molar-refractivity contribution in [3.63, 3.8) is 0 Å². The van der Waals surface area contributed by atoms with Crippen molar-refractivity contribution in [2.75, 3.05) is 6.61 Å². The molecule has 0 saturated heterocycles. The molecule has 2 aromatic rings. The maximum atomic E-state index is 9.76. The minimum Gasteiger partial charge on any atom is -0.508 e. The maximum absolute atomic E-state index is 9.76. The highest BCUT2D eigenvalue weighted by Gasteiger charge is 2.12. The number of benzene rings is 1. The lowest BCUT2D eigenvalue weighted by atomic mass is 10.3. The molecule has 0 amide bonds. The smallest absolute Gasteiger partial charge is 0.169 e. The zero-order valence-corrected chi connectivity index (χ0v) is 10.4. The molecule has 0 aliphatic heterocycles. The lowest BCUT2D eigenvalue weighted by molar-refractivity contribution is 0.0879. The monoisotopic (exact) mass is 298 g/mol. The Labute approximate surface area is 107 Å². The summed E-state index contributed by atoms with van der Waals surface area (Å²) in [5.41, 5.74) is 0. The second-order valence-electron chi connectivity index (χ2n) is 3.47. The molecule has 2 rings (SSSR count). The van der Waals surface area contributed by atoms with Crippen LogP contribution in [0, 0.1) is 0 Å². The van der Waals surface area contributed by atoms with E-state index in [1.807, 2.05) is 0 Å². The van der Waals surface area contributed by atoms with E-state index in [0.29, 0.717) is 16.2 Å². The van der Waals surface area contributed by atoms with Gasteiger partial charge in [0.05, 0.1) is 0 Å². The summed E-state index contributed by atoms with van der Waals surface area (Å²) in [6.45, 7) is 0.0589. The summed E-state index contributed by atoms with van der Waals surface area (Å²) in [7, 11) is 0. The molecule has 1 heterocycles. The van der Waals surface area contributed by atoms with Crippen LogP contribution in [0.3, 0.4) is 0 Å². The van der Waals surface area contributed by atoms with Crippen LogP contribution in [0.25, 0.3) is 0 Å². The Bertz CT molecular complexity index is 495. The average molecular weight is 299 g/mol. The standard InChI is InChI=1S/C12H11BrO4/c13-12-5-4-11(17-12)10(15)7-16-9-3-1-2-8(14)6-9/h1-6,10,14-15H,7H2. The van der Waals surface area contributed by atoms with E-state index in [1.165, 1.54) is 6.07 Å². The van der Waals surface area contributed by atoms with E-state index >= 15 is 0 Å². The van der Waals surface area contributed by atoms with Crippen LogP contribution in [0.15, 0.2) is 45.5 Å². The third-order valence-electron chi connectivity index (χ3n) is 2.15. The number of rotatable bonds is 4. The third-order valence-corrected chi connectivity index (χ3v) is 2.57. The number of phenols is 1. The maximum Gasteiger partial charge on any atom is 0.169 e. The topological polar surface area (TPSA) is 62.8 Å². The Kier molecular flexibility index (Phi) is 3.71. The predicted molar refractivity (Wildman–Crippen MR) is 65.0 cm³/mol.